The van der Waals surface area contributed by atoms with Crippen molar-refractivity contribution >= 4 is 11.6 Å². The zero-order chi connectivity index (χ0) is 25.4. The summed E-state index contributed by atoms with van der Waals surface area (Å²) in [5, 5.41) is 7.27. The monoisotopic (exact) mass is 477 g/mol. The summed E-state index contributed by atoms with van der Waals surface area (Å²) >= 11 is 0. The standard InChI is InChI=1S/C21H24N4O2.C7H15N/c1-13-5-6-18(22)10-20(13)21(26)24-14(2)15-7-16(9-19(8-15)27-4)17-11-23-25(3)12-17;1-8-6-4-2-3-5-7-8/h5-12,14H,22H2,1-4H3,(H,24,26);2-7H2,1H3. The minimum Gasteiger partial charge on any atom is -0.497 e. The topological polar surface area (TPSA) is 85.4 Å². The summed E-state index contributed by atoms with van der Waals surface area (Å²) in [4.78, 5) is 15.1. The van der Waals surface area contributed by atoms with E-state index in [1.54, 1.807) is 30.1 Å². The molecule has 2 aromatic carbocycles. The number of nitrogens with zero attached hydrogens (tertiary/aromatic N) is 3. The van der Waals surface area contributed by atoms with Gasteiger partial charge in [-0.3, -0.25) is 9.48 Å². The van der Waals surface area contributed by atoms with Crippen LogP contribution in [-0.2, 0) is 7.05 Å². The third-order valence-corrected chi connectivity index (χ3v) is 6.39. The highest BCUT2D eigenvalue weighted by atomic mass is 16.5. The van der Waals surface area contributed by atoms with Crippen LogP contribution in [0.5, 0.6) is 5.75 Å². The number of aryl methyl sites for hydroxylation is 2. The summed E-state index contributed by atoms with van der Waals surface area (Å²) in [5.41, 5.74) is 10.8. The fraction of sp³-hybridized carbons (Fsp3) is 0.429. The first-order valence-corrected chi connectivity index (χ1v) is 12.3. The number of nitrogens with one attached hydrogen (secondary N) is 1. The summed E-state index contributed by atoms with van der Waals surface area (Å²) in [6.07, 6.45) is 9.47. The molecule has 3 aromatic rings. The molecule has 7 nitrogen and oxygen atoms in total. The van der Waals surface area contributed by atoms with Gasteiger partial charge in [-0.1, -0.05) is 18.9 Å². The number of carbonyl (C=O) groups is 1. The predicted octanol–water partition coefficient (Wildman–Crippen LogP) is 4.97. The summed E-state index contributed by atoms with van der Waals surface area (Å²) in [5.74, 6) is 0.575. The van der Waals surface area contributed by atoms with Crippen LogP contribution in [0.4, 0.5) is 5.69 Å². The maximum atomic E-state index is 12.7. The van der Waals surface area contributed by atoms with Crippen molar-refractivity contribution in [2.24, 2.45) is 7.05 Å². The number of benzene rings is 2. The molecule has 35 heavy (non-hydrogen) atoms. The SMILES string of the molecule is CN1CCCCCC1.COc1cc(-c2cnn(C)c2)cc(C(C)NC(=O)c2cc(N)ccc2C)c1. The molecule has 0 spiro atoms. The molecule has 0 bridgehead atoms. The first-order chi connectivity index (χ1) is 16.8. The van der Waals surface area contributed by atoms with Crippen LogP contribution in [0.1, 0.15) is 60.1 Å². The largest absolute Gasteiger partial charge is 0.497 e. The van der Waals surface area contributed by atoms with E-state index in [-0.39, 0.29) is 11.9 Å². The van der Waals surface area contributed by atoms with Gasteiger partial charge in [0.1, 0.15) is 5.75 Å². The minimum absolute atomic E-state index is 0.155. The molecular weight excluding hydrogens is 438 g/mol. The molecule has 1 aromatic heterocycles. The van der Waals surface area contributed by atoms with Gasteiger partial charge in [-0.25, -0.2) is 0 Å². The highest BCUT2D eigenvalue weighted by molar-refractivity contribution is 5.96. The maximum absolute atomic E-state index is 12.7. The second kappa shape index (κ2) is 12.4. The van der Waals surface area contributed by atoms with Crippen LogP contribution < -0.4 is 15.8 Å². The molecule has 1 atom stereocenters. The van der Waals surface area contributed by atoms with Crippen LogP contribution >= 0.6 is 0 Å². The van der Waals surface area contributed by atoms with Crippen LogP contribution in [-0.4, -0.2) is 47.8 Å². The molecule has 1 fully saturated rings. The van der Waals surface area contributed by atoms with Crippen LogP contribution in [0, 0.1) is 6.92 Å². The number of aromatic nitrogens is 2. The van der Waals surface area contributed by atoms with E-state index in [9.17, 15) is 4.79 Å². The Kier molecular flexibility index (Phi) is 9.32. The molecular formula is C28H39N5O2. The number of hydrogen-bond acceptors (Lipinski definition) is 5. The number of nitrogen functional groups attached to an aromatic ring is 1. The highest BCUT2D eigenvalue weighted by Crippen LogP contribution is 2.29. The smallest absolute Gasteiger partial charge is 0.252 e. The van der Waals surface area contributed by atoms with E-state index in [0.29, 0.717) is 11.3 Å². The van der Waals surface area contributed by atoms with Crippen molar-refractivity contribution in [2.45, 2.75) is 45.6 Å². The van der Waals surface area contributed by atoms with E-state index >= 15 is 0 Å². The zero-order valence-corrected chi connectivity index (χ0v) is 21.7. The molecule has 1 saturated heterocycles. The molecule has 3 N–H and O–H groups in total. The van der Waals surface area contributed by atoms with Crippen LogP contribution in [0.25, 0.3) is 11.1 Å². The Balaban J connectivity index is 0.000000363. The van der Waals surface area contributed by atoms with Crippen molar-refractivity contribution < 1.29 is 9.53 Å². The van der Waals surface area contributed by atoms with Gasteiger partial charge in [0.05, 0.1) is 19.3 Å². The van der Waals surface area contributed by atoms with E-state index in [2.05, 4.69) is 22.4 Å². The van der Waals surface area contributed by atoms with Gasteiger partial charge in [-0.15, -0.1) is 0 Å². The van der Waals surface area contributed by atoms with E-state index in [0.717, 1.165) is 28.0 Å². The van der Waals surface area contributed by atoms with Gasteiger partial charge in [-0.05, 0) is 93.8 Å². The van der Waals surface area contributed by atoms with Crippen molar-refractivity contribution in [3.8, 4) is 16.9 Å². The average molecular weight is 478 g/mol. The van der Waals surface area contributed by atoms with Gasteiger partial charge in [0.25, 0.3) is 5.91 Å². The van der Waals surface area contributed by atoms with Crippen molar-refractivity contribution in [1.29, 1.82) is 0 Å². The molecule has 1 aliphatic heterocycles. The summed E-state index contributed by atoms with van der Waals surface area (Å²) < 4.78 is 7.19. The summed E-state index contributed by atoms with van der Waals surface area (Å²) in [6, 6.07) is 11.1. The van der Waals surface area contributed by atoms with Crippen LogP contribution in [0.3, 0.4) is 0 Å². The summed E-state index contributed by atoms with van der Waals surface area (Å²) in [7, 11) is 5.72. The lowest BCUT2D eigenvalue weighted by Crippen LogP contribution is -2.27. The normalized spacial score (nSPS) is 14.9. The third-order valence-electron chi connectivity index (χ3n) is 6.39. The first-order valence-electron chi connectivity index (χ1n) is 12.3. The fourth-order valence-corrected chi connectivity index (χ4v) is 4.20. The number of ether oxygens (including phenoxy) is 1. The molecule has 0 aliphatic carbocycles. The number of amides is 1. The minimum atomic E-state index is -0.205. The Morgan fingerprint density at radius 2 is 1.77 bits per heavy atom. The average Bonchev–Trinajstić information content (AvgIpc) is 3.14. The number of hydrogen-bond donors (Lipinski definition) is 2. The second-order valence-electron chi connectivity index (χ2n) is 9.38. The Labute approximate surface area is 209 Å². The first kappa shape index (κ1) is 26.3. The lowest BCUT2D eigenvalue weighted by molar-refractivity contribution is 0.0939. The molecule has 1 amide bonds. The molecule has 7 heteroatoms. The molecule has 0 saturated carbocycles. The third kappa shape index (κ3) is 7.59. The molecule has 4 rings (SSSR count). The lowest BCUT2D eigenvalue weighted by atomic mass is 10.0. The highest BCUT2D eigenvalue weighted by Gasteiger charge is 2.16. The molecule has 1 aliphatic rings. The zero-order valence-electron chi connectivity index (χ0n) is 21.7. The second-order valence-corrected chi connectivity index (χ2v) is 9.38. The van der Waals surface area contributed by atoms with E-state index in [1.165, 1.54) is 38.8 Å². The predicted molar refractivity (Wildman–Crippen MR) is 143 cm³/mol. The van der Waals surface area contributed by atoms with Gasteiger partial charge in [0, 0.05) is 30.1 Å². The number of likely N-dealkylation sites (tertiary alicyclic amines) is 1. The van der Waals surface area contributed by atoms with Crippen molar-refractivity contribution in [1.82, 2.24) is 20.0 Å². The lowest BCUT2D eigenvalue weighted by Gasteiger charge is -2.17. The fourth-order valence-electron chi connectivity index (χ4n) is 4.20. The van der Waals surface area contributed by atoms with Crippen LogP contribution in [0.15, 0.2) is 48.8 Å². The van der Waals surface area contributed by atoms with Gasteiger partial charge in [-0.2, -0.15) is 5.10 Å². The van der Waals surface area contributed by atoms with E-state index < -0.39 is 0 Å². The van der Waals surface area contributed by atoms with E-state index in [1.807, 2.05) is 51.4 Å². The van der Waals surface area contributed by atoms with E-state index in [4.69, 9.17) is 10.5 Å². The quantitative estimate of drug-likeness (QED) is 0.507. The van der Waals surface area contributed by atoms with Crippen molar-refractivity contribution in [3.63, 3.8) is 0 Å². The van der Waals surface area contributed by atoms with Crippen molar-refractivity contribution in [2.75, 3.05) is 33.0 Å². The number of rotatable bonds is 5. The Bertz CT molecular complexity index is 1120. The van der Waals surface area contributed by atoms with Crippen LogP contribution in [0.2, 0.25) is 0 Å². The molecule has 1 unspecified atom stereocenters. The van der Waals surface area contributed by atoms with Gasteiger partial charge >= 0.3 is 0 Å². The Morgan fingerprint density at radius 3 is 2.40 bits per heavy atom. The maximum Gasteiger partial charge on any atom is 0.252 e. The van der Waals surface area contributed by atoms with Gasteiger partial charge in [0.15, 0.2) is 0 Å². The molecule has 0 radical (unpaired) electrons. The molecule has 188 valence electrons. The van der Waals surface area contributed by atoms with Gasteiger partial charge in [0.2, 0.25) is 0 Å². The number of carbonyl (C=O) groups excluding carboxylic acids is 1. The summed E-state index contributed by atoms with van der Waals surface area (Å²) in [6.45, 7) is 6.48. The molecule has 2 heterocycles. The number of methoxy groups -OCH3 is 1. The van der Waals surface area contributed by atoms with Gasteiger partial charge < -0.3 is 20.7 Å². The Hall–Kier alpha value is -3.32. The Morgan fingerprint density at radius 1 is 1.06 bits per heavy atom. The number of anilines is 1. The van der Waals surface area contributed by atoms with Crippen molar-refractivity contribution in [3.05, 3.63) is 65.5 Å². The number of nitrogens with two attached hydrogens (primary N) is 1.